The van der Waals surface area contributed by atoms with Crippen molar-refractivity contribution in [2.24, 2.45) is 0 Å². The average molecular weight is 352 g/mol. The molecule has 0 spiro atoms. The number of carbonyl (C=O) groups is 2. The molecule has 2 heterocycles. The first kappa shape index (κ1) is 17.0. The molecule has 0 bridgehead atoms. The highest BCUT2D eigenvalue weighted by molar-refractivity contribution is 6.33. The second-order valence-corrected chi connectivity index (χ2v) is 6.55. The Morgan fingerprint density at radius 3 is 2.83 bits per heavy atom. The number of benzene rings is 1. The summed E-state index contributed by atoms with van der Waals surface area (Å²) in [5.74, 6) is -0.114. The highest BCUT2D eigenvalue weighted by Crippen LogP contribution is 2.23. The Balaban J connectivity index is 1.56. The lowest BCUT2D eigenvalue weighted by Gasteiger charge is -2.25. The van der Waals surface area contributed by atoms with E-state index in [1.54, 1.807) is 29.2 Å². The molecule has 0 radical (unpaired) electrons. The topological polar surface area (TPSA) is 70.7 Å². The van der Waals surface area contributed by atoms with Gasteiger partial charge in [0, 0.05) is 19.7 Å². The van der Waals surface area contributed by atoms with E-state index in [-0.39, 0.29) is 18.0 Å². The number of hydrogen-bond acceptors (Lipinski definition) is 3. The monoisotopic (exact) mass is 351 g/mol. The molecule has 2 aliphatic heterocycles. The highest BCUT2D eigenvalue weighted by Gasteiger charge is 2.34. The summed E-state index contributed by atoms with van der Waals surface area (Å²) < 4.78 is 5.51. The van der Waals surface area contributed by atoms with E-state index < -0.39 is 6.04 Å². The van der Waals surface area contributed by atoms with Crippen LogP contribution in [-0.4, -0.2) is 48.7 Å². The first-order chi connectivity index (χ1) is 11.6. The van der Waals surface area contributed by atoms with E-state index in [0.717, 1.165) is 25.9 Å². The molecular weight excluding hydrogens is 330 g/mol. The van der Waals surface area contributed by atoms with Crippen LogP contribution < -0.4 is 10.6 Å². The van der Waals surface area contributed by atoms with Crippen molar-refractivity contribution in [2.45, 2.75) is 37.8 Å². The molecule has 2 unspecified atom stereocenters. The molecule has 3 amide bonds. The Morgan fingerprint density at radius 2 is 2.08 bits per heavy atom. The van der Waals surface area contributed by atoms with Gasteiger partial charge in [-0.25, -0.2) is 4.79 Å². The summed E-state index contributed by atoms with van der Waals surface area (Å²) in [4.78, 5) is 26.5. The second-order valence-electron chi connectivity index (χ2n) is 6.14. The lowest BCUT2D eigenvalue weighted by atomic mass is 10.2. The predicted molar refractivity (Wildman–Crippen MR) is 92.2 cm³/mol. The van der Waals surface area contributed by atoms with Gasteiger partial charge in [0.2, 0.25) is 5.91 Å². The molecule has 2 aliphatic rings. The van der Waals surface area contributed by atoms with Crippen LogP contribution in [-0.2, 0) is 9.53 Å². The van der Waals surface area contributed by atoms with Crippen LogP contribution in [0.15, 0.2) is 24.3 Å². The molecule has 24 heavy (non-hydrogen) atoms. The molecule has 7 heteroatoms. The zero-order valence-corrected chi connectivity index (χ0v) is 14.2. The lowest BCUT2D eigenvalue weighted by Crippen LogP contribution is -2.48. The molecule has 6 nitrogen and oxygen atoms in total. The molecule has 2 fully saturated rings. The van der Waals surface area contributed by atoms with Gasteiger partial charge in [0.05, 0.1) is 16.8 Å². The minimum Gasteiger partial charge on any atom is -0.376 e. The summed E-state index contributed by atoms with van der Waals surface area (Å²) >= 11 is 6.07. The van der Waals surface area contributed by atoms with E-state index in [4.69, 9.17) is 16.3 Å². The maximum absolute atomic E-state index is 12.5. The van der Waals surface area contributed by atoms with Crippen molar-refractivity contribution in [3.63, 3.8) is 0 Å². The largest absolute Gasteiger partial charge is 0.376 e. The number of hydrogen-bond donors (Lipinski definition) is 2. The van der Waals surface area contributed by atoms with Crippen LogP contribution in [0.25, 0.3) is 0 Å². The minimum atomic E-state index is -0.436. The van der Waals surface area contributed by atoms with Gasteiger partial charge in [-0.3, -0.25) is 4.79 Å². The third kappa shape index (κ3) is 3.99. The first-order valence-electron chi connectivity index (χ1n) is 8.36. The quantitative estimate of drug-likeness (QED) is 0.876. The number of rotatable bonds is 4. The van der Waals surface area contributed by atoms with Gasteiger partial charge in [-0.05, 0) is 37.8 Å². The minimum absolute atomic E-state index is 0.0979. The number of urea groups is 1. The summed E-state index contributed by atoms with van der Waals surface area (Å²) in [6, 6.07) is 6.33. The van der Waals surface area contributed by atoms with Gasteiger partial charge in [-0.15, -0.1) is 0 Å². The first-order valence-corrected chi connectivity index (χ1v) is 8.74. The van der Waals surface area contributed by atoms with Crippen molar-refractivity contribution in [3.8, 4) is 0 Å². The van der Waals surface area contributed by atoms with Crippen LogP contribution in [0.5, 0.6) is 0 Å². The maximum atomic E-state index is 12.5. The summed E-state index contributed by atoms with van der Waals surface area (Å²) in [5, 5.41) is 6.18. The van der Waals surface area contributed by atoms with E-state index in [9.17, 15) is 9.59 Å². The van der Waals surface area contributed by atoms with E-state index in [0.29, 0.717) is 30.2 Å². The van der Waals surface area contributed by atoms with Crippen LogP contribution in [0.3, 0.4) is 0 Å². The molecule has 1 aromatic carbocycles. The summed E-state index contributed by atoms with van der Waals surface area (Å²) in [6.45, 7) is 1.83. The molecule has 130 valence electrons. The van der Waals surface area contributed by atoms with Crippen LogP contribution in [0, 0.1) is 0 Å². The van der Waals surface area contributed by atoms with Gasteiger partial charge in [0.25, 0.3) is 0 Å². The summed E-state index contributed by atoms with van der Waals surface area (Å²) in [7, 11) is 0. The number of ether oxygens (including phenoxy) is 1. The van der Waals surface area contributed by atoms with E-state index in [2.05, 4.69) is 10.6 Å². The van der Waals surface area contributed by atoms with Crippen LogP contribution in [0.1, 0.15) is 25.7 Å². The van der Waals surface area contributed by atoms with Gasteiger partial charge in [-0.2, -0.15) is 0 Å². The Bertz CT molecular complexity index is 604. The predicted octanol–water partition coefficient (Wildman–Crippen LogP) is 2.63. The molecule has 2 saturated heterocycles. The Kier molecular flexibility index (Phi) is 5.58. The van der Waals surface area contributed by atoms with Crippen molar-refractivity contribution in [1.82, 2.24) is 10.2 Å². The van der Waals surface area contributed by atoms with E-state index >= 15 is 0 Å². The van der Waals surface area contributed by atoms with Crippen LogP contribution in [0.2, 0.25) is 5.02 Å². The van der Waals surface area contributed by atoms with E-state index in [1.807, 2.05) is 0 Å². The maximum Gasteiger partial charge on any atom is 0.322 e. The lowest BCUT2D eigenvalue weighted by molar-refractivity contribution is -0.125. The van der Waals surface area contributed by atoms with Crippen molar-refractivity contribution in [1.29, 1.82) is 0 Å². The number of carbonyl (C=O) groups excluding carboxylic acids is 2. The fourth-order valence-electron chi connectivity index (χ4n) is 3.17. The Hall–Kier alpha value is -1.79. The fraction of sp³-hybridized carbons (Fsp3) is 0.529. The van der Waals surface area contributed by atoms with Gasteiger partial charge in [0.1, 0.15) is 6.04 Å². The summed E-state index contributed by atoms with van der Waals surface area (Å²) in [6.07, 6.45) is 3.60. The molecule has 2 atom stereocenters. The molecule has 0 saturated carbocycles. The van der Waals surface area contributed by atoms with Gasteiger partial charge in [-0.1, -0.05) is 23.7 Å². The number of para-hydroxylation sites is 1. The number of amides is 3. The Labute approximate surface area is 146 Å². The third-order valence-electron chi connectivity index (χ3n) is 4.46. The fourth-order valence-corrected chi connectivity index (χ4v) is 3.35. The summed E-state index contributed by atoms with van der Waals surface area (Å²) in [5.41, 5.74) is 0.551. The van der Waals surface area contributed by atoms with Gasteiger partial charge >= 0.3 is 6.03 Å². The normalized spacial score (nSPS) is 23.3. The second kappa shape index (κ2) is 7.85. The van der Waals surface area contributed by atoms with Gasteiger partial charge < -0.3 is 20.3 Å². The van der Waals surface area contributed by atoms with Crippen molar-refractivity contribution < 1.29 is 14.3 Å². The SMILES string of the molecule is O=C(NCC1CCCO1)C1CCCN1C(=O)Nc1ccccc1Cl. The molecule has 0 aromatic heterocycles. The Morgan fingerprint density at radius 1 is 1.25 bits per heavy atom. The number of nitrogens with one attached hydrogen (secondary N) is 2. The number of halogens is 1. The highest BCUT2D eigenvalue weighted by atomic mass is 35.5. The molecule has 2 N–H and O–H groups in total. The zero-order valence-electron chi connectivity index (χ0n) is 13.5. The number of likely N-dealkylation sites (tertiary alicyclic amines) is 1. The average Bonchev–Trinajstić information content (AvgIpc) is 3.26. The molecule has 0 aliphatic carbocycles. The standard InChI is InChI=1S/C17H22ClN3O3/c18-13-6-1-2-7-14(13)20-17(23)21-9-3-8-15(21)16(22)19-11-12-5-4-10-24-12/h1-2,6-7,12,15H,3-5,8-11H2,(H,19,22)(H,20,23). The zero-order chi connectivity index (χ0) is 16.9. The van der Waals surface area contributed by atoms with Crippen molar-refractivity contribution in [2.75, 3.05) is 25.0 Å². The number of nitrogens with zero attached hydrogens (tertiary/aromatic N) is 1. The van der Waals surface area contributed by atoms with Crippen molar-refractivity contribution in [3.05, 3.63) is 29.3 Å². The van der Waals surface area contributed by atoms with Crippen LogP contribution in [0.4, 0.5) is 10.5 Å². The van der Waals surface area contributed by atoms with Crippen molar-refractivity contribution >= 4 is 29.2 Å². The molecular formula is C17H22ClN3O3. The van der Waals surface area contributed by atoms with E-state index in [1.165, 1.54) is 0 Å². The molecule has 3 rings (SSSR count). The number of anilines is 1. The smallest absolute Gasteiger partial charge is 0.322 e. The molecule has 1 aromatic rings. The third-order valence-corrected chi connectivity index (χ3v) is 4.79. The van der Waals surface area contributed by atoms with Crippen LogP contribution >= 0.6 is 11.6 Å². The van der Waals surface area contributed by atoms with Gasteiger partial charge in [0.15, 0.2) is 0 Å².